The van der Waals surface area contributed by atoms with Crippen molar-refractivity contribution in [1.29, 1.82) is 0 Å². The predicted molar refractivity (Wildman–Crippen MR) is 65.6 cm³/mol. The third-order valence-corrected chi connectivity index (χ3v) is 2.66. The Morgan fingerprint density at radius 3 is 2.44 bits per heavy atom. The highest BCUT2D eigenvalue weighted by Gasteiger charge is 2.25. The number of nitrogens with zero attached hydrogens (tertiary/aromatic N) is 1. The maximum Gasteiger partial charge on any atom is 0.360 e. The fourth-order valence-corrected chi connectivity index (χ4v) is 1.73. The van der Waals surface area contributed by atoms with E-state index in [-0.39, 0.29) is 22.7 Å². The maximum atomic E-state index is 14.0. The van der Waals surface area contributed by atoms with E-state index in [0.717, 1.165) is 7.11 Å². The average Bonchev–Trinajstić information content (AvgIpc) is 2.37. The Bertz CT molecular complexity index is 453. The second-order valence-electron chi connectivity index (χ2n) is 3.08. The number of esters is 1. The van der Waals surface area contributed by atoms with Gasteiger partial charge in [0, 0.05) is 0 Å². The lowest BCUT2D eigenvalue weighted by Crippen LogP contribution is -2.12. The highest BCUT2D eigenvalue weighted by molar-refractivity contribution is 9.10. The van der Waals surface area contributed by atoms with E-state index in [1.807, 2.05) is 0 Å². The lowest BCUT2D eigenvalue weighted by Gasteiger charge is -2.13. The third kappa shape index (κ3) is 2.90. The second-order valence-corrected chi connectivity index (χ2v) is 3.87. The minimum atomic E-state index is -0.887. The molecule has 0 radical (unpaired) electrons. The quantitative estimate of drug-likeness (QED) is 0.780. The van der Waals surface area contributed by atoms with Crippen LogP contribution in [0.2, 0.25) is 0 Å². The molecule has 0 spiro atoms. The van der Waals surface area contributed by atoms with Crippen LogP contribution in [0.4, 0.5) is 4.39 Å². The van der Waals surface area contributed by atoms with Gasteiger partial charge in [-0.15, -0.1) is 0 Å². The molecule has 100 valence electrons. The molecular weight excluding hydrogens is 309 g/mol. The zero-order chi connectivity index (χ0) is 13.7. The minimum absolute atomic E-state index is 0.0859. The number of carbonyl (C=O) groups excluding carboxylic acids is 1. The van der Waals surface area contributed by atoms with E-state index in [1.54, 1.807) is 13.8 Å². The first-order chi connectivity index (χ1) is 8.56. The Labute approximate surface area is 112 Å². The van der Waals surface area contributed by atoms with Crippen LogP contribution in [0.5, 0.6) is 11.6 Å². The van der Waals surface area contributed by atoms with Crippen LogP contribution in [0, 0.1) is 5.82 Å². The maximum absolute atomic E-state index is 14.0. The molecule has 0 bridgehead atoms. The van der Waals surface area contributed by atoms with Crippen LogP contribution in [0.15, 0.2) is 4.47 Å². The molecule has 1 heterocycles. The third-order valence-electron chi connectivity index (χ3n) is 1.96. The van der Waals surface area contributed by atoms with Crippen molar-refractivity contribution in [2.45, 2.75) is 13.8 Å². The summed E-state index contributed by atoms with van der Waals surface area (Å²) in [7, 11) is 1.15. The van der Waals surface area contributed by atoms with Crippen molar-refractivity contribution >= 4 is 21.9 Å². The van der Waals surface area contributed by atoms with Crippen molar-refractivity contribution < 1.29 is 23.4 Å². The Hall–Kier alpha value is -1.37. The smallest absolute Gasteiger partial charge is 0.360 e. The number of pyridine rings is 1. The Morgan fingerprint density at radius 2 is 1.94 bits per heavy atom. The molecule has 0 unspecified atom stereocenters. The van der Waals surface area contributed by atoms with Crippen LogP contribution in [0.3, 0.4) is 0 Å². The van der Waals surface area contributed by atoms with Gasteiger partial charge in [0.05, 0.1) is 20.3 Å². The first kappa shape index (κ1) is 14.7. The molecule has 18 heavy (non-hydrogen) atoms. The van der Waals surface area contributed by atoms with Gasteiger partial charge in [-0.25, -0.2) is 14.2 Å². The van der Waals surface area contributed by atoms with Crippen molar-refractivity contribution in [3.8, 4) is 11.6 Å². The molecule has 0 aromatic carbocycles. The largest absolute Gasteiger partial charge is 0.489 e. The number of hydrogen-bond acceptors (Lipinski definition) is 5. The van der Waals surface area contributed by atoms with Crippen LogP contribution in [-0.2, 0) is 4.74 Å². The zero-order valence-electron chi connectivity index (χ0n) is 10.3. The van der Waals surface area contributed by atoms with Crippen LogP contribution in [0.1, 0.15) is 24.3 Å². The highest BCUT2D eigenvalue weighted by atomic mass is 79.9. The molecule has 1 aromatic heterocycles. The average molecular weight is 322 g/mol. The molecule has 5 nitrogen and oxygen atoms in total. The van der Waals surface area contributed by atoms with Gasteiger partial charge in [-0.1, -0.05) is 0 Å². The fourth-order valence-electron chi connectivity index (χ4n) is 1.24. The SMILES string of the molecule is CCOc1nc(C(=O)OC)c(F)c(OCC)c1Br. The van der Waals surface area contributed by atoms with Gasteiger partial charge >= 0.3 is 5.97 Å². The number of ether oxygens (including phenoxy) is 3. The second kappa shape index (κ2) is 6.53. The van der Waals surface area contributed by atoms with Gasteiger partial charge in [-0.2, -0.15) is 0 Å². The van der Waals surface area contributed by atoms with Gasteiger partial charge in [0.25, 0.3) is 0 Å². The van der Waals surface area contributed by atoms with Gasteiger partial charge < -0.3 is 14.2 Å². The lowest BCUT2D eigenvalue weighted by atomic mass is 10.3. The molecule has 0 amide bonds. The minimum Gasteiger partial charge on any atom is -0.489 e. The van der Waals surface area contributed by atoms with Crippen LogP contribution in [0.25, 0.3) is 0 Å². The molecule has 1 aromatic rings. The summed E-state index contributed by atoms with van der Waals surface area (Å²) in [5, 5.41) is 0. The number of rotatable bonds is 5. The molecule has 0 aliphatic rings. The van der Waals surface area contributed by atoms with Crippen LogP contribution >= 0.6 is 15.9 Å². The van der Waals surface area contributed by atoms with Crippen molar-refractivity contribution in [2.75, 3.05) is 20.3 Å². The Kier molecular flexibility index (Phi) is 5.33. The molecule has 0 aliphatic heterocycles. The number of carbonyl (C=O) groups is 1. The van der Waals surface area contributed by atoms with Gasteiger partial charge in [0.15, 0.2) is 17.3 Å². The van der Waals surface area contributed by atoms with Gasteiger partial charge in [-0.05, 0) is 29.8 Å². The van der Waals surface area contributed by atoms with E-state index in [1.165, 1.54) is 0 Å². The van der Waals surface area contributed by atoms with Crippen molar-refractivity contribution in [3.05, 3.63) is 16.0 Å². The van der Waals surface area contributed by atoms with Crippen molar-refractivity contribution in [3.63, 3.8) is 0 Å². The summed E-state index contributed by atoms with van der Waals surface area (Å²) in [6.07, 6.45) is 0. The number of aromatic nitrogens is 1. The van der Waals surface area contributed by atoms with E-state index < -0.39 is 17.5 Å². The Balaban J connectivity index is 3.39. The fraction of sp³-hybridized carbons (Fsp3) is 0.455. The number of halogens is 2. The summed E-state index contributed by atoms with van der Waals surface area (Å²) < 4.78 is 29.0. The molecule has 0 N–H and O–H groups in total. The van der Waals surface area contributed by atoms with Crippen LogP contribution in [-0.4, -0.2) is 31.3 Å². The predicted octanol–water partition coefficient (Wildman–Crippen LogP) is 2.57. The van der Waals surface area contributed by atoms with E-state index >= 15 is 0 Å². The molecular formula is C11H13BrFNO4. The van der Waals surface area contributed by atoms with Gasteiger partial charge in [0.1, 0.15) is 4.47 Å². The first-order valence-electron chi connectivity index (χ1n) is 5.29. The molecule has 0 saturated heterocycles. The number of hydrogen-bond donors (Lipinski definition) is 0. The molecule has 0 aliphatic carbocycles. The summed E-state index contributed by atoms with van der Waals surface area (Å²) in [5.41, 5.74) is -0.465. The molecule has 0 saturated carbocycles. The summed E-state index contributed by atoms with van der Waals surface area (Å²) in [6.45, 7) is 4.01. The summed E-state index contributed by atoms with van der Waals surface area (Å²) in [5.74, 6) is -1.79. The van der Waals surface area contributed by atoms with E-state index in [0.29, 0.717) is 6.61 Å². The van der Waals surface area contributed by atoms with E-state index in [2.05, 4.69) is 25.7 Å². The Morgan fingerprint density at radius 1 is 1.33 bits per heavy atom. The van der Waals surface area contributed by atoms with Crippen LogP contribution < -0.4 is 9.47 Å². The standard InChI is InChI=1S/C11H13BrFNO4/c1-4-17-9-6(12)10(18-5-2)14-8(7(9)13)11(15)16-3/h4-5H2,1-3H3. The van der Waals surface area contributed by atoms with E-state index in [4.69, 9.17) is 9.47 Å². The number of methoxy groups -OCH3 is 1. The summed E-state index contributed by atoms with van der Waals surface area (Å²) in [4.78, 5) is 15.2. The topological polar surface area (TPSA) is 57.7 Å². The first-order valence-corrected chi connectivity index (χ1v) is 6.08. The molecule has 7 heteroatoms. The molecule has 0 fully saturated rings. The summed E-state index contributed by atoms with van der Waals surface area (Å²) in [6, 6.07) is 0. The normalized spacial score (nSPS) is 10.1. The summed E-state index contributed by atoms with van der Waals surface area (Å²) >= 11 is 3.13. The lowest BCUT2D eigenvalue weighted by molar-refractivity contribution is 0.0585. The highest BCUT2D eigenvalue weighted by Crippen LogP contribution is 2.36. The van der Waals surface area contributed by atoms with Gasteiger partial charge in [-0.3, -0.25) is 0 Å². The molecule has 0 atom stereocenters. The van der Waals surface area contributed by atoms with Gasteiger partial charge in [0.2, 0.25) is 5.88 Å². The van der Waals surface area contributed by atoms with E-state index in [9.17, 15) is 9.18 Å². The van der Waals surface area contributed by atoms with Crippen molar-refractivity contribution in [2.24, 2.45) is 0 Å². The monoisotopic (exact) mass is 321 g/mol. The molecule has 1 rings (SSSR count). The van der Waals surface area contributed by atoms with Crippen molar-refractivity contribution in [1.82, 2.24) is 4.98 Å². The zero-order valence-corrected chi connectivity index (χ0v) is 11.8.